The van der Waals surface area contributed by atoms with Crippen LogP contribution in [0.5, 0.6) is 0 Å². The van der Waals surface area contributed by atoms with Crippen LogP contribution >= 0.6 is 23.7 Å². The predicted octanol–water partition coefficient (Wildman–Crippen LogP) is 3.55. The summed E-state index contributed by atoms with van der Waals surface area (Å²) in [5.74, 6) is 0.558. The third-order valence-corrected chi connectivity index (χ3v) is 6.79. The Bertz CT molecular complexity index is 813. The highest BCUT2D eigenvalue weighted by atomic mass is 35.5. The molecule has 1 fully saturated rings. The normalized spacial score (nSPS) is 19.7. The first-order valence-corrected chi connectivity index (χ1v) is 10.9. The zero-order valence-electron chi connectivity index (χ0n) is 16.5. The van der Waals surface area contributed by atoms with Crippen molar-refractivity contribution in [2.45, 2.75) is 64.8 Å². The number of anilines is 1. The molecule has 1 unspecified atom stereocenters. The van der Waals surface area contributed by atoms with Gasteiger partial charge in [-0.25, -0.2) is 9.67 Å². The molecule has 0 radical (unpaired) electrons. The average molecular weight is 425 g/mol. The molecule has 28 heavy (non-hydrogen) atoms. The van der Waals surface area contributed by atoms with Gasteiger partial charge in [0.1, 0.15) is 0 Å². The number of piperidine rings is 1. The van der Waals surface area contributed by atoms with E-state index in [0.717, 1.165) is 56.1 Å². The number of nitrogens with one attached hydrogen (secondary N) is 2. The Kier molecular flexibility index (Phi) is 7.06. The Hall–Kier alpha value is -1.51. The monoisotopic (exact) mass is 424 g/mol. The number of carbonyl (C=O) groups excluding carboxylic acids is 1. The number of hydrogen-bond donors (Lipinski definition) is 2. The summed E-state index contributed by atoms with van der Waals surface area (Å²) in [6.45, 7) is 6.14. The zero-order chi connectivity index (χ0) is 18.8. The minimum Gasteiger partial charge on any atom is -0.317 e. The number of halogens is 1. The number of fused-ring (bicyclic) bond motifs is 1. The molecule has 0 saturated carbocycles. The fourth-order valence-electron chi connectivity index (χ4n) is 4.26. The van der Waals surface area contributed by atoms with E-state index in [0.29, 0.717) is 16.9 Å². The predicted molar refractivity (Wildman–Crippen MR) is 114 cm³/mol. The van der Waals surface area contributed by atoms with E-state index in [1.165, 1.54) is 24.1 Å². The maximum Gasteiger partial charge on any atom is 0.279 e. The first-order valence-electron chi connectivity index (χ1n) is 10.1. The summed E-state index contributed by atoms with van der Waals surface area (Å²) in [4.78, 5) is 18.7. The van der Waals surface area contributed by atoms with Crippen molar-refractivity contribution < 1.29 is 4.79 Å². The minimum absolute atomic E-state index is 0. The number of thiazole rings is 1. The fraction of sp³-hybridized carbons (Fsp3) is 0.684. The third-order valence-electron chi connectivity index (χ3n) is 5.76. The van der Waals surface area contributed by atoms with Crippen molar-refractivity contribution >= 4 is 34.8 Å². The second-order valence-electron chi connectivity index (χ2n) is 7.69. The average Bonchev–Trinajstić information content (AvgIpc) is 3.25. The van der Waals surface area contributed by atoms with E-state index in [-0.39, 0.29) is 18.3 Å². The van der Waals surface area contributed by atoms with Gasteiger partial charge in [0.15, 0.2) is 10.8 Å². The molecule has 9 heteroatoms. The Balaban J connectivity index is 0.00000225. The largest absolute Gasteiger partial charge is 0.317 e. The lowest BCUT2D eigenvalue weighted by Crippen LogP contribution is -2.30. The van der Waals surface area contributed by atoms with Gasteiger partial charge in [0.25, 0.3) is 5.91 Å². The molecule has 1 amide bonds. The SMILES string of the molecule is CCCC1CCc2nc(NC(=O)c3nnn(C4CCNCC4)c3C)sc2C1.Cl. The quantitative estimate of drug-likeness (QED) is 0.766. The molecule has 1 aliphatic heterocycles. The number of hydrogen-bond acceptors (Lipinski definition) is 6. The summed E-state index contributed by atoms with van der Waals surface area (Å²) in [5, 5.41) is 15.4. The second-order valence-corrected chi connectivity index (χ2v) is 8.77. The van der Waals surface area contributed by atoms with E-state index in [2.05, 4.69) is 32.9 Å². The summed E-state index contributed by atoms with van der Waals surface area (Å²) < 4.78 is 1.91. The van der Waals surface area contributed by atoms with Crippen molar-refractivity contribution in [1.82, 2.24) is 25.3 Å². The van der Waals surface area contributed by atoms with Crippen molar-refractivity contribution in [3.63, 3.8) is 0 Å². The molecule has 2 aliphatic rings. The molecule has 4 rings (SSSR count). The van der Waals surface area contributed by atoms with E-state index in [1.54, 1.807) is 11.3 Å². The summed E-state index contributed by atoms with van der Waals surface area (Å²) in [6, 6.07) is 0.322. The van der Waals surface area contributed by atoms with E-state index in [4.69, 9.17) is 0 Å². The maximum atomic E-state index is 12.7. The molecule has 3 heterocycles. The van der Waals surface area contributed by atoms with Gasteiger partial charge in [-0.2, -0.15) is 0 Å². The highest BCUT2D eigenvalue weighted by molar-refractivity contribution is 7.15. The van der Waals surface area contributed by atoms with Gasteiger partial charge in [0.2, 0.25) is 0 Å². The fourth-order valence-corrected chi connectivity index (χ4v) is 5.37. The lowest BCUT2D eigenvalue weighted by Gasteiger charge is -2.23. The molecular weight excluding hydrogens is 396 g/mol. The van der Waals surface area contributed by atoms with E-state index < -0.39 is 0 Å². The van der Waals surface area contributed by atoms with Crippen LogP contribution in [0.4, 0.5) is 5.13 Å². The molecule has 0 aromatic carbocycles. The van der Waals surface area contributed by atoms with Gasteiger partial charge in [-0.05, 0) is 58.0 Å². The van der Waals surface area contributed by atoms with Gasteiger partial charge in [0.05, 0.1) is 17.4 Å². The molecule has 1 saturated heterocycles. The van der Waals surface area contributed by atoms with Crippen molar-refractivity contribution in [3.05, 3.63) is 22.0 Å². The Morgan fingerprint density at radius 2 is 2.11 bits per heavy atom. The highest BCUT2D eigenvalue weighted by Gasteiger charge is 2.25. The van der Waals surface area contributed by atoms with E-state index in [1.807, 2.05) is 11.6 Å². The molecular formula is C19H29ClN6OS. The summed E-state index contributed by atoms with van der Waals surface area (Å²) in [7, 11) is 0. The molecule has 154 valence electrons. The minimum atomic E-state index is -0.205. The van der Waals surface area contributed by atoms with Gasteiger partial charge in [-0.1, -0.05) is 25.0 Å². The third kappa shape index (κ3) is 4.39. The lowest BCUT2D eigenvalue weighted by atomic mass is 9.88. The standard InChI is InChI=1S/C19H28N6OS.ClH/c1-3-4-13-5-6-15-16(11-13)27-19(21-15)22-18(26)17-12(2)25(24-23-17)14-7-9-20-10-8-14;/h13-14,20H,3-11H2,1-2H3,(H,21,22,26);1H. The topological polar surface area (TPSA) is 84.7 Å². The Labute approximate surface area is 176 Å². The number of rotatable bonds is 5. The van der Waals surface area contributed by atoms with Crippen LogP contribution in [0.25, 0.3) is 0 Å². The van der Waals surface area contributed by atoms with Crippen molar-refractivity contribution in [2.75, 3.05) is 18.4 Å². The highest BCUT2D eigenvalue weighted by Crippen LogP contribution is 2.34. The van der Waals surface area contributed by atoms with E-state index in [9.17, 15) is 4.79 Å². The van der Waals surface area contributed by atoms with Gasteiger partial charge in [-0.15, -0.1) is 28.8 Å². The number of nitrogens with zero attached hydrogens (tertiary/aromatic N) is 4. The van der Waals surface area contributed by atoms with Crippen LogP contribution in [-0.2, 0) is 12.8 Å². The van der Waals surface area contributed by atoms with Crippen molar-refractivity contribution in [3.8, 4) is 0 Å². The molecule has 1 aliphatic carbocycles. The summed E-state index contributed by atoms with van der Waals surface area (Å²) in [5.41, 5.74) is 2.41. The van der Waals surface area contributed by atoms with Crippen LogP contribution < -0.4 is 10.6 Å². The van der Waals surface area contributed by atoms with Gasteiger partial charge < -0.3 is 5.32 Å². The first kappa shape index (κ1) is 21.2. The summed E-state index contributed by atoms with van der Waals surface area (Å²) >= 11 is 1.62. The smallest absolute Gasteiger partial charge is 0.279 e. The molecule has 1 atom stereocenters. The zero-order valence-corrected chi connectivity index (χ0v) is 18.2. The number of aryl methyl sites for hydroxylation is 1. The van der Waals surface area contributed by atoms with Gasteiger partial charge in [0, 0.05) is 4.88 Å². The molecule has 7 nitrogen and oxygen atoms in total. The van der Waals surface area contributed by atoms with Crippen LogP contribution in [0.1, 0.15) is 71.8 Å². The van der Waals surface area contributed by atoms with Gasteiger partial charge >= 0.3 is 0 Å². The van der Waals surface area contributed by atoms with Crippen LogP contribution in [0, 0.1) is 12.8 Å². The maximum absolute atomic E-state index is 12.7. The first-order chi connectivity index (χ1) is 13.2. The van der Waals surface area contributed by atoms with Crippen LogP contribution in [0.3, 0.4) is 0 Å². The van der Waals surface area contributed by atoms with Crippen LogP contribution in [0.2, 0.25) is 0 Å². The van der Waals surface area contributed by atoms with Crippen LogP contribution in [-0.4, -0.2) is 39.0 Å². The molecule has 2 aromatic rings. The molecule has 2 aromatic heterocycles. The number of aromatic nitrogens is 4. The molecule has 2 N–H and O–H groups in total. The Morgan fingerprint density at radius 3 is 2.86 bits per heavy atom. The summed E-state index contributed by atoms with van der Waals surface area (Å²) in [6.07, 6.45) is 7.87. The molecule has 0 spiro atoms. The Morgan fingerprint density at radius 1 is 1.32 bits per heavy atom. The van der Waals surface area contributed by atoms with Crippen molar-refractivity contribution in [2.24, 2.45) is 5.92 Å². The van der Waals surface area contributed by atoms with E-state index >= 15 is 0 Å². The second kappa shape index (κ2) is 9.33. The number of amides is 1. The van der Waals surface area contributed by atoms with Crippen molar-refractivity contribution in [1.29, 1.82) is 0 Å². The van der Waals surface area contributed by atoms with Crippen LogP contribution in [0.15, 0.2) is 0 Å². The lowest BCUT2D eigenvalue weighted by molar-refractivity contribution is 0.102. The molecule has 0 bridgehead atoms. The van der Waals surface area contributed by atoms with Gasteiger partial charge in [-0.3, -0.25) is 10.1 Å². The number of carbonyl (C=O) groups is 1.